The van der Waals surface area contributed by atoms with Gasteiger partial charge in [0.15, 0.2) is 0 Å². The maximum Gasteiger partial charge on any atom is 0.143 e. The molecule has 0 N–H and O–H groups in total. The summed E-state index contributed by atoms with van der Waals surface area (Å²) in [4.78, 5) is 0. The lowest BCUT2D eigenvalue weighted by Gasteiger charge is -2.18. The Kier molecular flexibility index (Phi) is 10.3. The van der Waals surface area contributed by atoms with E-state index in [1.807, 2.05) is 34.0 Å². The first-order chi connectivity index (χ1) is 43.6. The third kappa shape index (κ3) is 6.91. The second-order valence-electron chi connectivity index (χ2n) is 23.6. The van der Waals surface area contributed by atoms with Crippen molar-refractivity contribution in [2.75, 3.05) is 0 Å². The molecule has 4 aromatic heterocycles. The molecule has 0 radical (unpaired) electrons. The van der Waals surface area contributed by atoms with Crippen molar-refractivity contribution in [3.8, 4) is 55.6 Å². The molecular formula is C84H46OS3. The quantitative estimate of drug-likeness (QED) is 0.157. The van der Waals surface area contributed by atoms with Crippen LogP contribution in [-0.2, 0) is 0 Å². The standard InChI is InChI=1S/C84H46OS3/c1-2-17-53-47(16-1)36-40-64-70-45-50(38-42-74(70)87-82(53)64)76-55-19-3-7-23-59(55)78(60-24-8-4-20-56(60)76)66-29-14-30-67-80-52(27-15-32-72(80)85-81(66)67)49-35-34-48-37-41-65-71-46-51(39-43-75(71)88-84(65)69(48)44-49)77-57-21-5-9-25-61(57)79(62-26-10-6-22-58(62)77)68-31-13-28-63-54-18-11-12-33-73(54)86-83(63)68/h1-46H. The lowest BCUT2D eigenvalue weighted by atomic mass is 9.85. The van der Waals surface area contributed by atoms with Crippen LogP contribution < -0.4 is 0 Å². The van der Waals surface area contributed by atoms with Gasteiger partial charge in [-0.3, -0.25) is 0 Å². The van der Waals surface area contributed by atoms with Gasteiger partial charge in [-0.15, -0.1) is 34.0 Å². The topological polar surface area (TPSA) is 13.1 Å². The van der Waals surface area contributed by atoms with Gasteiger partial charge in [-0.2, -0.15) is 0 Å². The minimum atomic E-state index is 0.882. The fraction of sp³-hybridized carbons (Fsp3) is 0. The zero-order valence-corrected chi connectivity index (χ0v) is 49.6. The van der Waals surface area contributed by atoms with Crippen LogP contribution in [-0.4, -0.2) is 0 Å². The largest absolute Gasteiger partial charge is 0.455 e. The molecule has 4 heteroatoms. The van der Waals surface area contributed by atoms with Gasteiger partial charge in [-0.1, -0.05) is 237 Å². The van der Waals surface area contributed by atoms with Crippen LogP contribution in [0.2, 0.25) is 0 Å². The molecule has 0 unspecified atom stereocenters. The van der Waals surface area contributed by atoms with Crippen molar-refractivity contribution < 1.29 is 4.42 Å². The zero-order chi connectivity index (χ0) is 57.3. The third-order valence-electron chi connectivity index (χ3n) is 19.0. The van der Waals surface area contributed by atoms with E-state index in [4.69, 9.17) is 4.42 Å². The van der Waals surface area contributed by atoms with Gasteiger partial charge >= 0.3 is 0 Å². The normalized spacial score (nSPS) is 12.3. The number of benzene rings is 16. The summed E-state index contributed by atoms with van der Waals surface area (Å²) in [7, 11) is 0. The van der Waals surface area contributed by atoms with E-state index in [1.165, 1.54) is 170 Å². The Labute approximate surface area is 516 Å². The van der Waals surface area contributed by atoms with Crippen molar-refractivity contribution in [2.45, 2.75) is 0 Å². The molecule has 0 atom stereocenters. The van der Waals surface area contributed by atoms with Crippen LogP contribution in [0.1, 0.15) is 0 Å². The molecule has 0 aliphatic carbocycles. The highest BCUT2D eigenvalue weighted by atomic mass is 32.1. The van der Waals surface area contributed by atoms with Crippen molar-refractivity contribution in [1.82, 2.24) is 0 Å². The lowest BCUT2D eigenvalue weighted by molar-refractivity contribution is 0.670. The average molecular weight is 1170 g/mol. The number of hydrogen-bond acceptors (Lipinski definition) is 4. The minimum absolute atomic E-state index is 0.882. The van der Waals surface area contributed by atoms with Crippen molar-refractivity contribution in [2.24, 2.45) is 0 Å². The van der Waals surface area contributed by atoms with Gasteiger partial charge in [0.2, 0.25) is 0 Å². The Hall–Kier alpha value is -10.5. The van der Waals surface area contributed by atoms with Crippen LogP contribution in [0.4, 0.5) is 0 Å². The molecule has 1 nitrogen and oxygen atoms in total. The summed E-state index contributed by atoms with van der Waals surface area (Å²) < 4.78 is 15.1. The molecule has 0 aliphatic heterocycles. The van der Waals surface area contributed by atoms with E-state index in [2.05, 4.69) is 279 Å². The molecular weight excluding hydrogens is 1120 g/mol. The smallest absolute Gasteiger partial charge is 0.143 e. The predicted octanol–water partition coefficient (Wildman–Crippen LogP) is 25.9. The number of fused-ring (bicyclic) bond motifs is 20. The summed E-state index contributed by atoms with van der Waals surface area (Å²) in [6.45, 7) is 0. The Morgan fingerprint density at radius 1 is 0.216 bits per heavy atom. The number of hydrogen-bond donors (Lipinski definition) is 0. The SMILES string of the molecule is c1ccc2c(c1)ccc1c3cc(-c4c5ccccc5c(-c5cccc6c5oc5cccc(-c7ccc8ccc9c%10cc(-c%11c%12ccccc%12c(-c%12cccc%13c%12sc%12ccccc%12%13)c%12ccccc%11%12)ccc%10sc9c8c7)c56)c5ccccc45)ccc3sc21. The molecule has 0 bridgehead atoms. The van der Waals surface area contributed by atoms with Gasteiger partial charge < -0.3 is 4.42 Å². The van der Waals surface area contributed by atoms with Gasteiger partial charge in [0.25, 0.3) is 0 Å². The van der Waals surface area contributed by atoms with Crippen molar-refractivity contribution in [3.63, 3.8) is 0 Å². The summed E-state index contributed by atoms with van der Waals surface area (Å²) in [5, 5.41) is 25.1. The molecule has 0 saturated heterocycles. The van der Waals surface area contributed by atoms with Crippen molar-refractivity contribution in [3.05, 3.63) is 279 Å². The monoisotopic (exact) mass is 1170 g/mol. The van der Waals surface area contributed by atoms with E-state index in [-0.39, 0.29) is 0 Å². The summed E-state index contributed by atoms with van der Waals surface area (Å²) in [5.74, 6) is 0. The zero-order valence-electron chi connectivity index (χ0n) is 47.2. The van der Waals surface area contributed by atoms with E-state index >= 15 is 0 Å². The van der Waals surface area contributed by atoms with E-state index in [9.17, 15) is 0 Å². The molecule has 0 amide bonds. The van der Waals surface area contributed by atoms with Gasteiger partial charge in [-0.05, 0) is 141 Å². The van der Waals surface area contributed by atoms with E-state index < -0.39 is 0 Å². The van der Waals surface area contributed by atoms with Gasteiger partial charge in [-0.25, -0.2) is 0 Å². The fourth-order valence-electron chi connectivity index (χ4n) is 15.2. The molecule has 0 saturated carbocycles. The maximum atomic E-state index is 7.18. The second kappa shape index (κ2) is 18.5. The fourth-order valence-corrected chi connectivity index (χ4v) is 18.9. The van der Waals surface area contributed by atoms with Crippen LogP contribution in [0, 0.1) is 0 Å². The van der Waals surface area contributed by atoms with Crippen molar-refractivity contribution in [1.29, 1.82) is 0 Å². The van der Waals surface area contributed by atoms with E-state index in [1.54, 1.807) is 0 Å². The Bertz CT molecular complexity index is 6330. The van der Waals surface area contributed by atoms with E-state index in [0.29, 0.717) is 0 Å². The number of rotatable bonds is 5. The van der Waals surface area contributed by atoms with Crippen LogP contribution in [0.15, 0.2) is 283 Å². The average Bonchev–Trinajstić information content (AvgIpc) is 1.27. The number of furan rings is 1. The van der Waals surface area contributed by atoms with Gasteiger partial charge in [0.1, 0.15) is 11.2 Å². The molecule has 4 heterocycles. The molecule has 16 aromatic carbocycles. The second-order valence-corrected chi connectivity index (χ2v) is 26.7. The maximum absolute atomic E-state index is 7.18. The van der Waals surface area contributed by atoms with Crippen LogP contribution in [0.3, 0.4) is 0 Å². The summed E-state index contributed by atoms with van der Waals surface area (Å²) in [6, 6.07) is 104. The lowest BCUT2D eigenvalue weighted by Crippen LogP contribution is -1.91. The number of para-hydroxylation sites is 1. The highest BCUT2D eigenvalue weighted by Gasteiger charge is 2.25. The van der Waals surface area contributed by atoms with Crippen LogP contribution in [0.25, 0.3) is 203 Å². The molecule has 20 aromatic rings. The molecule has 406 valence electrons. The minimum Gasteiger partial charge on any atom is -0.455 e. The Balaban J connectivity index is 0.728. The molecule has 0 fully saturated rings. The summed E-state index contributed by atoms with van der Waals surface area (Å²) >= 11 is 5.70. The third-order valence-corrected chi connectivity index (χ3v) is 22.7. The molecule has 0 aliphatic rings. The van der Waals surface area contributed by atoms with Crippen LogP contribution in [0.5, 0.6) is 0 Å². The van der Waals surface area contributed by atoms with Gasteiger partial charge in [0.05, 0.1) is 0 Å². The Morgan fingerprint density at radius 2 is 0.614 bits per heavy atom. The first-order valence-corrected chi connectivity index (χ1v) is 32.6. The predicted molar refractivity (Wildman–Crippen MR) is 385 cm³/mol. The van der Waals surface area contributed by atoms with Gasteiger partial charge in [0, 0.05) is 93.4 Å². The molecule has 88 heavy (non-hydrogen) atoms. The summed E-state index contributed by atoms with van der Waals surface area (Å²) in [5.41, 5.74) is 14.0. The van der Waals surface area contributed by atoms with Crippen molar-refractivity contribution >= 4 is 181 Å². The summed E-state index contributed by atoms with van der Waals surface area (Å²) in [6.07, 6.45) is 0. The van der Waals surface area contributed by atoms with E-state index in [0.717, 1.165) is 33.1 Å². The highest BCUT2D eigenvalue weighted by molar-refractivity contribution is 7.27. The highest BCUT2D eigenvalue weighted by Crippen LogP contribution is 2.52. The Morgan fingerprint density at radius 3 is 1.23 bits per heavy atom. The first-order valence-electron chi connectivity index (χ1n) is 30.1. The molecule has 0 spiro atoms. The number of thiophene rings is 3. The van der Waals surface area contributed by atoms with Crippen LogP contribution >= 0.6 is 34.0 Å². The molecule has 20 rings (SSSR count). The first kappa shape index (κ1) is 48.7.